The summed E-state index contributed by atoms with van der Waals surface area (Å²) >= 11 is 0. The predicted molar refractivity (Wildman–Crippen MR) is 89.5 cm³/mol. The van der Waals surface area contributed by atoms with E-state index in [-0.39, 0.29) is 12.1 Å². The van der Waals surface area contributed by atoms with E-state index in [1.165, 1.54) is 38.6 Å². The van der Waals surface area contributed by atoms with Crippen molar-refractivity contribution in [3.63, 3.8) is 0 Å². The second kappa shape index (κ2) is 7.94. The summed E-state index contributed by atoms with van der Waals surface area (Å²) in [5, 5.41) is 13.1. The molecule has 3 heteroatoms. The lowest BCUT2D eigenvalue weighted by molar-refractivity contribution is 0.154. The van der Waals surface area contributed by atoms with E-state index in [0.717, 1.165) is 43.7 Å². The van der Waals surface area contributed by atoms with Gasteiger partial charge in [-0.15, -0.1) is 0 Å². The Labute approximate surface area is 131 Å². The molecule has 0 aromatic carbocycles. The van der Waals surface area contributed by atoms with Crippen LogP contribution in [0.4, 0.5) is 0 Å². The van der Waals surface area contributed by atoms with Crippen LogP contribution in [0.2, 0.25) is 0 Å². The number of fused-ring (bicyclic) bond motifs is 2. The Kier molecular flexibility index (Phi) is 6.51. The Bertz CT molecular complexity index is 310. The Hall–Kier alpha value is -0.120. The number of hydrogen-bond donors (Lipinski definition) is 2. The summed E-state index contributed by atoms with van der Waals surface area (Å²) in [4.78, 5) is 2.53. The van der Waals surface area contributed by atoms with E-state index in [9.17, 15) is 5.11 Å². The van der Waals surface area contributed by atoms with Crippen LogP contribution in [0.25, 0.3) is 0 Å². The molecule has 21 heavy (non-hydrogen) atoms. The first-order chi connectivity index (χ1) is 10.1. The Morgan fingerprint density at radius 3 is 2.67 bits per heavy atom. The summed E-state index contributed by atoms with van der Waals surface area (Å²) in [5.41, 5.74) is -0.0940. The summed E-state index contributed by atoms with van der Waals surface area (Å²) in [6.45, 7) is 8.02. The monoisotopic (exact) mass is 296 g/mol. The van der Waals surface area contributed by atoms with Crippen molar-refractivity contribution in [2.24, 2.45) is 17.8 Å². The van der Waals surface area contributed by atoms with Gasteiger partial charge in [-0.3, -0.25) is 0 Å². The average molecular weight is 296 g/mol. The molecule has 0 radical (unpaired) electrons. The second-order valence-electron chi connectivity index (χ2n) is 7.95. The molecule has 2 aliphatic carbocycles. The van der Waals surface area contributed by atoms with E-state index in [1.807, 2.05) is 0 Å². The number of hydrogen-bond acceptors (Lipinski definition) is 3. The highest BCUT2D eigenvalue weighted by molar-refractivity contribution is 4.91. The van der Waals surface area contributed by atoms with Gasteiger partial charge in [0.2, 0.25) is 0 Å². The van der Waals surface area contributed by atoms with Crippen molar-refractivity contribution in [3.05, 3.63) is 0 Å². The van der Waals surface area contributed by atoms with Crippen LogP contribution in [0, 0.1) is 17.8 Å². The summed E-state index contributed by atoms with van der Waals surface area (Å²) in [5.74, 6) is 3.06. The van der Waals surface area contributed by atoms with E-state index in [2.05, 4.69) is 31.1 Å². The van der Waals surface area contributed by atoms with Crippen molar-refractivity contribution >= 4 is 0 Å². The summed E-state index contributed by atoms with van der Waals surface area (Å²) in [6.07, 6.45) is 9.36. The lowest BCUT2D eigenvalue weighted by Gasteiger charge is -2.31. The first-order valence-corrected chi connectivity index (χ1v) is 9.10. The Morgan fingerprint density at radius 2 is 2.10 bits per heavy atom. The van der Waals surface area contributed by atoms with Gasteiger partial charge in [-0.05, 0) is 83.3 Å². The molecule has 0 aromatic heterocycles. The van der Waals surface area contributed by atoms with Gasteiger partial charge >= 0.3 is 0 Å². The van der Waals surface area contributed by atoms with Crippen LogP contribution in [0.1, 0.15) is 58.8 Å². The topological polar surface area (TPSA) is 35.5 Å². The molecule has 4 unspecified atom stereocenters. The van der Waals surface area contributed by atoms with Gasteiger partial charge in [-0.1, -0.05) is 13.3 Å². The van der Waals surface area contributed by atoms with E-state index < -0.39 is 0 Å². The van der Waals surface area contributed by atoms with E-state index in [1.54, 1.807) is 0 Å². The van der Waals surface area contributed by atoms with Crippen LogP contribution < -0.4 is 5.32 Å². The van der Waals surface area contributed by atoms with E-state index in [4.69, 9.17) is 0 Å². The van der Waals surface area contributed by atoms with Crippen molar-refractivity contribution in [3.8, 4) is 0 Å². The number of aliphatic hydroxyl groups excluding tert-OH is 1. The number of aliphatic hydroxyl groups is 1. The minimum Gasteiger partial charge on any atom is -0.394 e. The largest absolute Gasteiger partial charge is 0.394 e. The summed E-state index contributed by atoms with van der Waals surface area (Å²) in [7, 11) is 2.28. The predicted octanol–water partition coefficient (Wildman–Crippen LogP) is 2.89. The van der Waals surface area contributed by atoms with Gasteiger partial charge in [0, 0.05) is 12.1 Å². The normalized spacial score (nSPS) is 31.0. The van der Waals surface area contributed by atoms with E-state index in [0.29, 0.717) is 0 Å². The van der Waals surface area contributed by atoms with Crippen LogP contribution in [0.3, 0.4) is 0 Å². The first-order valence-electron chi connectivity index (χ1n) is 9.10. The zero-order valence-electron chi connectivity index (χ0n) is 14.4. The number of nitrogens with zero attached hydrogens (tertiary/aromatic N) is 1. The molecule has 0 spiro atoms. The van der Waals surface area contributed by atoms with Gasteiger partial charge in [0.05, 0.1) is 6.61 Å². The number of nitrogens with one attached hydrogen (secondary N) is 1. The fourth-order valence-corrected chi connectivity index (χ4v) is 4.48. The molecule has 2 rings (SSSR count). The molecule has 124 valence electrons. The van der Waals surface area contributed by atoms with Gasteiger partial charge in [-0.2, -0.15) is 0 Å². The molecule has 0 amide bonds. The minimum absolute atomic E-state index is 0.0940. The fourth-order valence-electron chi connectivity index (χ4n) is 4.48. The molecule has 0 aliphatic heterocycles. The quantitative estimate of drug-likeness (QED) is 0.651. The zero-order valence-corrected chi connectivity index (χ0v) is 14.4. The molecule has 2 aliphatic rings. The van der Waals surface area contributed by atoms with Gasteiger partial charge in [-0.25, -0.2) is 0 Å². The molecule has 4 atom stereocenters. The molecule has 2 N–H and O–H groups in total. The third-order valence-electron chi connectivity index (χ3n) is 5.85. The first kappa shape index (κ1) is 17.2. The molecule has 2 bridgehead atoms. The van der Waals surface area contributed by atoms with Crippen LogP contribution in [-0.4, -0.2) is 48.8 Å². The molecule has 2 fully saturated rings. The third kappa shape index (κ3) is 4.94. The maximum absolute atomic E-state index is 9.60. The molecule has 3 nitrogen and oxygen atoms in total. The molecule has 0 aromatic rings. The van der Waals surface area contributed by atoms with E-state index >= 15 is 0 Å². The van der Waals surface area contributed by atoms with Crippen molar-refractivity contribution in [1.82, 2.24) is 10.2 Å². The maximum Gasteiger partial charge on any atom is 0.0610 e. The lowest BCUT2D eigenvalue weighted by Crippen LogP contribution is -2.46. The highest BCUT2D eigenvalue weighted by atomic mass is 16.3. The van der Waals surface area contributed by atoms with Gasteiger partial charge in [0.1, 0.15) is 0 Å². The molecule has 2 saturated carbocycles. The SMILES string of the molecule is CCCNC(C)(CO)CCCN(C)CC1CC2CCC1C2. The Balaban J connectivity index is 1.63. The highest BCUT2D eigenvalue weighted by Gasteiger charge is 2.39. The third-order valence-corrected chi connectivity index (χ3v) is 5.85. The van der Waals surface area contributed by atoms with Gasteiger partial charge in [0.25, 0.3) is 0 Å². The highest BCUT2D eigenvalue weighted by Crippen LogP contribution is 2.48. The van der Waals surface area contributed by atoms with Crippen molar-refractivity contribution in [2.75, 3.05) is 33.3 Å². The lowest BCUT2D eigenvalue weighted by atomic mass is 9.88. The molecular weight excluding hydrogens is 260 g/mol. The van der Waals surface area contributed by atoms with Crippen molar-refractivity contribution in [1.29, 1.82) is 0 Å². The van der Waals surface area contributed by atoms with Crippen LogP contribution >= 0.6 is 0 Å². The minimum atomic E-state index is -0.0940. The van der Waals surface area contributed by atoms with Crippen molar-refractivity contribution in [2.45, 2.75) is 64.3 Å². The Morgan fingerprint density at radius 1 is 1.29 bits per heavy atom. The van der Waals surface area contributed by atoms with Crippen LogP contribution in [0.5, 0.6) is 0 Å². The summed E-state index contributed by atoms with van der Waals surface area (Å²) in [6, 6.07) is 0. The zero-order chi connectivity index (χ0) is 15.3. The maximum atomic E-state index is 9.60. The molecule has 0 saturated heterocycles. The average Bonchev–Trinajstić information content (AvgIpc) is 3.07. The molecule has 0 heterocycles. The number of rotatable bonds is 10. The standard InChI is InChI=1S/C18H36N2O/c1-4-9-19-18(2,14-21)8-5-10-20(3)13-17-12-15-6-7-16(17)11-15/h15-17,19,21H,4-14H2,1-3H3. The molecular formula is C18H36N2O. The summed E-state index contributed by atoms with van der Waals surface area (Å²) < 4.78 is 0. The fraction of sp³-hybridized carbons (Fsp3) is 1.00. The second-order valence-corrected chi connectivity index (χ2v) is 7.95. The van der Waals surface area contributed by atoms with Gasteiger partial charge < -0.3 is 15.3 Å². The van der Waals surface area contributed by atoms with Crippen molar-refractivity contribution < 1.29 is 5.11 Å². The van der Waals surface area contributed by atoms with Crippen LogP contribution in [0.15, 0.2) is 0 Å². The van der Waals surface area contributed by atoms with Gasteiger partial charge in [0.15, 0.2) is 0 Å². The van der Waals surface area contributed by atoms with Crippen LogP contribution in [-0.2, 0) is 0 Å². The smallest absolute Gasteiger partial charge is 0.0610 e.